The molecule has 3 amide bonds. The molecular formula is C21H17N3O5. The van der Waals surface area contributed by atoms with E-state index in [0.717, 1.165) is 0 Å². The topological polar surface area (TPSA) is 110 Å². The second kappa shape index (κ2) is 7.51. The van der Waals surface area contributed by atoms with Crippen molar-refractivity contribution in [3.63, 3.8) is 0 Å². The summed E-state index contributed by atoms with van der Waals surface area (Å²) in [6.45, 7) is 1.66. The quantitative estimate of drug-likeness (QED) is 0.631. The molecule has 0 aliphatic carbocycles. The maximum absolute atomic E-state index is 12.5. The Labute approximate surface area is 165 Å². The third-order valence-electron chi connectivity index (χ3n) is 4.32. The molecule has 1 atom stereocenters. The SMILES string of the molecule is C[C@@H]1Oc2ccc(NC(=O)c3ccc(NC(=O)c4ccco4)cc3)cc2NC1=O. The Morgan fingerprint density at radius 2 is 1.69 bits per heavy atom. The minimum Gasteiger partial charge on any atom is -0.479 e. The second-order valence-electron chi connectivity index (χ2n) is 6.42. The monoisotopic (exact) mass is 391 g/mol. The number of carbonyl (C=O) groups is 3. The van der Waals surface area contributed by atoms with Crippen molar-refractivity contribution in [3.8, 4) is 5.75 Å². The highest BCUT2D eigenvalue weighted by Gasteiger charge is 2.23. The van der Waals surface area contributed by atoms with Gasteiger partial charge in [-0.1, -0.05) is 0 Å². The molecular weight excluding hydrogens is 374 g/mol. The van der Waals surface area contributed by atoms with Crippen LogP contribution in [0.15, 0.2) is 65.3 Å². The van der Waals surface area contributed by atoms with Crippen molar-refractivity contribution in [1.29, 1.82) is 0 Å². The molecule has 3 N–H and O–H groups in total. The fourth-order valence-electron chi connectivity index (χ4n) is 2.80. The van der Waals surface area contributed by atoms with Crippen molar-refractivity contribution in [2.45, 2.75) is 13.0 Å². The standard InChI is InChI=1S/C21H17N3O5/c1-12-19(25)24-16-11-15(8-9-17(16)29-12)23-20(26)13-4-6-14(7-5-13)22-21(27)18-3-2-10-28-18/h2-12H,1H3,(H,22,27)(H,23,26)(H,24,25)/t12-/m0/s1. The van der Waals surface area contributed by atoms with Gasteiger partial charge in [0, 0.05) is 16.9 Å². The molecule has 2 aromatic carbocycles. The van der Waals surface area contributed by atoms with Gasteiger partial charge >= 0.3 is 0 Å². The Morgan fingerprint density at radius 1 is 0.966 bits per heavy atom. The third-order valence-corrected chi connectivity index (χ3v) is 4.32. The first kappa shape index (κ1) is 18.3. The average molecular weight is 391 g/mol. The van der Waals surface area contributed by atoms with Crippen LogP contribution in [-0.2, 0) is 4.79 Å². The maximum atomic E-state index is 12.5. The van der Waals surface area contributed by atoms with E-state index < -0.39 is 6.10 Å². The van der Waals surface area contributed by atoms with Crippen LogP contribution in [0.2, 0.25) is 0 Å². The molecule has 0 radical (unpaired) electrons. The average Bonchev–Trinajstić information content (AvgIpc) is 3.25. The molecule has 1 aliphatic heterocycles. The number of nitrogens with one attached hydrogen (secondary N) is 3. The normalized spacial score (nSPS) is 14.9. The number of hydrogen-bond acceptors (Lipinski definition) is 5. The highest BCUT2D eigenvalue weighted by atomic mass is 16.5. The number of furan rings is 1. The molecule has 146 valence electrons. The molecule has 0 spiro atoms. The van der Waals surface area contributed by atoms with Crippen LogP contribution >= 0.6 is 0 Å². The fourth-order valence-corrected chi connectivity index (χ4v) is 2.80. The van der Waals surface area contributed by atoms with Crippen LogP contribution < -0.4 is 20.7 Å². The summed E-state index contributed by atoms with van der Waals surface area (Å²) in [7, 11) is 0. The minimum absolute atomic E-state index is 0.199. The number of benzene rings is 2. The Morgan fingerprint density at radius 3 is 2.41 bits per heavy atom. The summed E-state index contributed by atoms with van der Waals surface area (Å²) in [6.07, 6.45) is 0.857. The highest BCUT2D eigenvalue weighted by Crippen LogP contribution is 2.32. The van der Waals surface area contributed by atoms with E-state index in [1.165, 1.54) is 6.26 Å². The number of ether oxygens (including phenoxy) is 1. The van der Waals surface area contributed by atoms with Gasteiger partial charge in [0.05, 0.1) is 12.0 Å². The molecule has 0 fully saturated rings. The van der Waals surface area contributed by atoms with Gasteiger partial charge in [0.2, 0.25) is 0 Å². The smallest absolute Gasteiger partial charge is 0.291 e. The van der Waals surface area contributed by atoms with Gasteiger partial charge in [-0.25, -0.2) is 0 Å². The number of amides is 3. The van der Waals surface area contributed by atoms with E-state index >= 15 is 0 Å². The van der Waals surface area contributed by atoms with Gasteiger partial charge in [-0.05, 0) is 61.5 Å². The Kier molecular flexibility index (Phi) is 4.74. The van der Waals surface area contributed by atoms with Gasteiger partial charge in [-0.15, -0.1) is 0 Å². The first-order valence-electron chi connectivity index (χ1n) is 8.87. The number of fused-ring (bicyclic) bond motifs is 1. The summed E-state index contributed by atoms with van der Waals surface area (Å²) < 4.78 is 10.5. The molecule has 8 nitrogen and oxygen atoms in total. The molecule has 1 aliphatic rings. The van der Waals surface area contributed by atoms with Crippen LogP contribution in [0, 0.1) is 0 Å². The Hall–Kier alpha value is -4.07. The van der Waals surface area contributed by atoms with Crippen molar-refractivity contribution in [2.24, 2.45) is 0 Å². The van der Waals surface area contributed by atoms with Crippen LogP contribution in [-0.4, -0.2) is 23.8 Å². The van der Waals surface area contributed by atoms with Gasteiger partial charge in [0.15, 0.2) is 11.9 Å². The van der Waals surface area contributed by atoms with Crippen molar-refractivity contribution in [1.82, 2.24) is 0 Å². The zero-order valence-electron chi connectivity index (χ0n) is 15.4. The summed E-state index contributed by atoms with van der Waals surface area (Å²) in [5.74, 6) is -0.199. The van der Waals surface area contributed by atoms with Gasteiger partial charge in [0.1, 0.15) is 5.75 Å². The van der Waals surface area contributed by atoms with Crippen molar-refractivity contribution >= 4 is 34.8 Å². The molecule has 1 aromatic heterocycles. The van der Waals surface area contributed by atoms with Gasteiger partial charge in [-0.2, -0.15) is 0 Å². The maximum Gasteiger partial charge on any atom is 0.291 e. The second-order valence-corrected chi connectivity index (χ2v) is 6.42. The van der Waals surface area contributed by atoms with E-state index in [0.29, 0.717) is 28.4 Å². The summed E-state index contributed by atoms with van der Waals surface area (Å²) in [5.41, 5.74) is 1.96. The van der Waals surface area contributed by atoms with E-state index in [1.54, 1.807) is 61.5 Å². The van der Waals surface area contributed by atoms with Gasteiger partial charge in [0.25, 0.3) is 17.7 Å². The van der Waals surface area contributed by atoms with Crippen LogP contribution in [0.25, 0.3) is 0 Å². The van der Waals surface area contributed by atoms with E-state index in [1.807, 2.05) is 0 Å². The van der Waals surface area contributed by atoms with Crippen molar-refractivity contribution in [3.05, 3.63) is 72.2 Å². The Balaban J connectivity index is 1.42. The van der Waals surface area contributed by atoms with Crippen LogP contribution in [0.1, 0.15) is 27.8 Å². The highest BCUT2D eigenvalue weighted by molar-refractivity contribution is 6.06. The largest absolute Gasteiger partial charge is 0.479 e. The van der Waals surface area contributed by atoms with Crippen LogP contribution in [0.3, 0.4) is 0 Å². The lowest BCUT2D eigenvalue weighted by Gasteiger charge is -2.23. The van der Waals surface area contributed by atoms with E-state index in [2.05, 4.69) is 16.0 Å². The number of hydrogen-bond donors (Lipinski definition) is 3. The zero-order chi connectivity index (χ0) is 20.4. The molecule has 0 bridgehead atoms. The summed E-state index contributed by atoms with van der Waals surface area (Å²) in [6, 6.07) is 14.6. The molecule has 2 heterocycles. The molecule has 0 saturated heterocycles. The fraction of sp³-hybridized carbons (Fsp3) is 0.0952. The molecule has 4 rings (SSSR count). The molecule has 0 saturated carbocycles. The lowest BCUT2D eigenvalue weighted by atomic mass is 10.1. The van der Waals surface area contributed by atoms with Crippen molar-refractivity contribution < 1.29 is 23.5 Å². The predicted molar refractivity (Wildman–Crippen MR) is 106 cm³/mol. The molecule has 8 heteroatoms. The first-order chi connectivity index (χ1) is 14.0. The van der Waals surface area contributed by atoms with E-state index in [4.69, 9.17) is 9.15 Å². The number of carbonyl (C=O) groups excluding carboxylic acids is 3. The molecule has 29 heavy (non-hydrogen) atoms. The number of anilines is 3. The lowest BCUT2D eigenvalue weighted by Crippen LogP contribution is -2.34. The molecule has 0 unspecified atom stereocenters. The number of rotatable bonds is 4. The van der Waals surface area contributed by atoms with E-state index in [-0.39, 0.29) is 23.5 Å². The third kappa shape index (κ3) is 3.96. The van der Waals surface area contributed by atoms with Crippen molar-refractivity contribution in [2.75, 3.05) is 16.0 Å². The van der Waals surface area contributed by atoms with Crippen LogP contribution in [0.4, 0.5) is 17.1 Å². The van der Waals surface area contributed by atoms with Gasteiger partial charge in [-0.3, -0.25) is 14.4 Å². The predicted octanol–water partition coefficient (Wildman–Crippen LogP) is 3.50. The minimum atomic E-state index is -0.560. The summed E-state index contributed by atoms with van der Waals surface area (Å²) in [5, 5.41) is 8.19. The summed E-state index contributed by atoms with van der Waals surface area (Å²) >= 11 is 0. The van der Waals surface area contributed by atoms with E-state index in [9.17, 15) is 14.4 Å². The Bertz CT molecular complexity index is 1070. The molecule has 3 aromatic rings. The lowest BCUT2D eigenvalue weighted by molar-refractivity contribution is -0.122. The van der Waals surface area contributed by atoms with Gasteiger partial charge < -0.3 is 25.1 Å². The van der Waals surface area contributed by atoms with Crippen LogP contribution in [0.5, 0.6) is 5.75 Å². The zero-order valence-corrected chi connectivity index (χ0v) is 15.4. The first-order valence-corrected chi connectivity index (χ1v) is 8.87. The summed E-state index contributed by atoms with van der Waals surface area (Å²) in [4.78, 5) is 36.2.